The van der Waals surface area contributed by atoms with Gasteiger partial charge in [0.25, 0.3) is 0 Å². The predicted octanol–water partition coefficient (Wildman–Crippen LogP) is 0.161. The van der Waals surface area contributed by atoms with E-state index in [1.807, 2.05) is 6.92 Å². The van der Waals surface area contributed by atoms with Gasteiger partial charge in [-0.2, -0.15) is 0 Å². The molecule has 1 aliphatic rings. The molecule has 1 unspecified atom stereocenters. The molecule has 1 heterocycles. The largest absolute Gasteiger partial charge is 0.480 e. The van der Waals surface area contributed by atoms with E-state index in [1.54, 1.807) is 4.90 Å². The van der Waals surface area contributed by atoms with Crippen LogP contribution in [-0.2, 0) is 9.59 Å². The van der Waals surface area contributed by atoms with Crippen molar-refractivity contribution < 1.29 is 19.5 Å². The van der Waals surface area contributed by atoms with Gasteiger partial charge >= 0.3 is 12.0 Å². The Labute approximate surface area is 112 Å². The van der Waals surface area contributed by atoms with Gasteiger partial charge in [0.1, 0.15) is 6.04 Å². The van der Waals surface area contributed by atoms with Gasteiger partial charge in [0.2, 0.25) is 5.91 Å². The number of amides is 3. The first kappa shape index (κ1) is 15.4. The van der Waals surface area contributed by atoms with E-state index in [4.69, 9.17) is 5.11 Å². The zero-order chi connectivity index (χ0) is 14.3. The molecule has 1 aliphatic heterocycles. The van der Waals surface area contributed by atoms with Crippen molar-refractivity contribution in [2.45, 2.75) is 38.6 Å². The molecule has 0 saturated carbocycles. The van der Waals surface area contributed by atoms with Crippen molar-refractivity contribution in [3.63, 3.8) is 0 Å². The molecule has 108 valence electrons. The van der Waals surface area contributed by atoms with Crippen molar-refractivity contribution in [3.8, 4) is 0 Å². The number of nitrogens with zero attached hydrogens (tertiary/aromatic N) is 1. The van der Waals surface area contributed by atoms with Crippen molar-refractivity contribution in [2.24, 2.45) is 0 Å². The van der Waals surface area contributed by atoms with E-state index in [9.17, 15) is 14.4 Å². The fourth-order valence-corrected chi connectivity index (χ4v) is 2.09. The molecule has 0 radical (unpaired) electrons. The monoisotopic (exact) mass is 271 g/mol. The van der Waals surface area contributed by atoms with Gasteiger partial charge in [-0.15, -0.1) is 0 Å². The van der Waals surface area contributed by atoms with E-state index < -0.39 is 23.9 Å². The Hall–Kier alpha value is -1.63. The van der Waals surface area contributed by atoms with Gasteiger partial charge in [-0.3, -0.25) is 19.8 Å². The van der Waals surface area contributed by atoms with Crippen LogP contribution in [0, 0.1) is 0 Å². The third kappa shape index (κ3) is 5.25. The molecule has 7 heteroatoms. The van der Waals surface area contributed by atoms with Gasteiger partial charge in [0, 0.05) is 6.54 Å². The number of carbonyl (C=O) groups is 3. The summed E-state index contributed by atoms with van der Waals surface area (Å²) < 4.78 is 0. The second-order valence-electron chi connectivity index (χ2n) is 4.62. The summed E-state index contributed by atoms with van der Waals surface area (Å²) in [4.78, 5) is 35.6. The Balaban J connectivity index is 2.41. The first-order chi connectivity index (χ1) is 9.04. The third-order valence-corrected chi connectivity index (χ3v) is 3.03. The van der Waals surface area contributed by atoms with Crippen molar-refractivity contribution >= 4 is 17.9 Å². The number of carbonyl (C=O) groups excluding carboxylic acids is 2. The Kier molecular flexibility index (Phi) is 6.27. The van der Waals surface area contributed by atoms with Crippen LogP contribution in [0.5, 0.6) is 0 Å². The minimum atomic E-state index is -0.914. The average molecular weight is 271 g/mol. The predicted molar refractivity (Wildman–Crippen MR) is 68.7 cm³/mol. The van der Waals surface area contributed by atoms with E-state index in [0.29, 0.717) is 19.5 Å². The minimum absolute atomic E-state index is 0.0590. The van der Waals surface area contributed by atoms with Crippen LogP contribution in [0.25, 0.3) is 0 Å². The molecule has 1 atom stereocenters. The van der Waals surface area contributed by atoms with Gasteiger partial charge in [-0.1, -0.05) is 13.3 Å². The van der Waals surface area contributed by atoms with Crippen LogP contribution in [-0.4, -0.2) is 53.6 Å². The topological polar surface area (TPSA) is 98.7 Å². The van der Waals surface area contributed by atoms with Crippen LogP contribution in [0.2, 0.25) is 0 Å². The van der Waals surface area contributed by atoms with E-state index in [1.165, 1.54) is 0 Å². The summed E-state index contributed by atoms with van der Waals surface area (Å²) in [6.07, 6.45) is 3.06. The summed E-state index contributed by atoms with van der Waals surface area (Å²) in [6, 6.07) is -1.16. The molecule has 0 spiro atoms. The number of nitrogens with one attached hydrogen (secondary N) is 2. The molecule has 0 aromatic heterocycles. The molecule has 1 saturated heterocycles. The second kappa shape index (κ2) is 7.73. The smallest absolute Gasteiger partial charge is 0.321 e. The highest BCUT2D eigenvalue weighted by molar-refractivity contribution is 5.95. The fourth-order valence-electron chi connectivity index (χ4n) is 2.09. The molecular weight excluding hydrogens is 250 g/mol. The highest BCUT2D eigenvalue weighted by Crippen LogP contribution is 2.16. The number of aliphatic carboxylic acids is 1. The SMILES string of the molecule is CCCNC(=O)NC(=O)CN1CCCCC1C(=O)O. The zero-order valence-electron chi connectivity index (χ0n) is 11.1. The summed E-state index contributed by atoms with van der Waals surface area (Å²) >= 11 is 0. The lowest BCUT2D eigenvalue weighted by Crippen LogP contribution is -2.51. The number of urea groups is 1. The van der Waals surface area contributed by atoms with Crippen LogP contribution >= 0.6 is 0 Å². The minimum Gasteiger partial charge on any atom is -0.480 e. The van der Waals surface area contributed by atoms with Crippen molar-refractivity contribution in [2.75, 3.05) is 19.6 Å². The lowest BCUT2D eigenvalue weighted by Gasteiger charge is -2.31. The van der Waals surface area contributed by atoms with E-state index >= 15 is 0 Å². The van der Waals surface area contributed by atoms with E-state index in [-0.39, 0.29) is 6.54 Å². The molecule has 3 amide bonds. The molecule has 0 bridgehead atoms. The lowest BCUT2D eigenvalue weighted by molar-refractivity contribution is -0.145. The summed E-state index contributed by atoms with van der Waals surface area (Å²) in [5.74, 6) is -1.38. The summed E-state index contributed by atoms with van der Waals surface area (Å²) in [5, 5.41) is 13.8. The van der Waals surface area contributed by atoms with Crippen LogP contribution in [0.15, 0.2) is 0 Å². The zero-order valence-corrected chi connectivity index (χ0v) is 11.1. The highest BCUT2D eigenvalue weighted by Gasteiger charge is 2.29. The maximum absolute atomic E-state index is 11.6. The van der Waals surface area contributed by atoms with Gasteiger partial charge in [-0.25, -0.2) is 4.79 Å². The van der Waals surface area contributed by atoms with E-state index in [2.05, 4.69) is 10.6 Å². The summed E-state index contributed by atoms with van der Waals surface area (Å²) in [7, 11) is 0. The van der Waals surface area contributed by atoms with E-state index in [0.717, 1.165) is 19.3 Å². The summed E-state index contributed by atoms with van der Waals surface area (Å²) in [6.45, 7) is 2.92. The Morgan fingerprint density at radius 3 is 2.68 bits per heavy atom. The van der Waals surface area contributed by atoms with Gasteiger partial charge in [0.05, 0.1) is 6.54 Å². The van der Waals surface area contributed by atoms with Crippen LogP contribution < -0.4 is 10.6 Å². The first-order valence-electron chi connectivity index (χ1n) is 6.59. The van der Waals surface area contributed by atoms with Gasteiger partial charge in [-0.05, 0) is 25.8 Å². The maximum Gasteiger partial charge on any atom is 0.321 e. The number of carboxylic acids is 1. The molecule has 3 N–H and O–H groups in total. The Morgan fingerprint density at radius 1 is 1.32 bits per heavy atom. The molecule has 1 rings (SSSR count). The highest BCUT2D eigenvalue weighted by atomic mass is 16.4. The molecule has 1 fully saturated rings. The summed E-state index contributed by atoms with van der Waals surface area (Å²) in [5.41, 5.74) is 0. The Bertz CT molecular complexity index is 346. The number of rotatable bonds is 5. The van der Waals surface area contributed by atoms with Crippen LogP contribution in [0.1, 0.15) is 32.6 Å². The number of likely N-dealkylation sites (tertiary alicyclic amines) is 1. The molecule has 0 aliphatic carbocycles. The lowest BCUT2D eigenvalue weighted by atomic mass is 10.0. The standard InChI is InChI=1S/C12H21N3O4/c1-2-6-13-12(19)14-10(16)8-15-7-4-3-5-9(15)11(17)18/h9H,2-8H2,1H3,(H,17,18)(H2,13,14,16,19). The van der Waals surface area contributed by atoms with Gasteiger partial charge in [0.15, 0.2) is 0 Å². The van der Waals surface area contributed by atoms with Crippen LogP contribution in [0.3, 0.4) is 0 Å². The number of hydrogen-bond donors (Lipinski definition) is 3. The Morgan fingerprint density at radius 2 is 2.05 bits per heavy atom. The van der Waals surface area contributed by atoms with Gasteiger partial charge < -0.3 is 10.4 Å². The molecule has 7 nitrogen and oxygen atoms in total. The third-order valence-electron chi connectivity index (χ3n) is 3.03. The first-order valence-corrected chi connectivity index (χ1v) is 6.59. The van der Waals surface area contributed by atoms with Crippen molar-refractivity contribution in [1.29, 1.82) is 0 Å². The molecule has 19 heavy (non-hydrogen) atoms. The average Bonchev–Trinajstić information content (AvgIpc) is 2.36. The molecule has 0 aromatic carbocycles. The normalized spacial score (nSPS) is 19.7. The number of carboxylic acid groups (broad SMARTS) is 1. The molecule has 0 aromatic rings. The van der Waals surface area contributed by atoms with Crippen molar-refractivity contribution in [1.82, 2.24) is 15.5 Å². The number of imide groups is 1. The fraction of sp³-hybridized carbons (Fsp3) is 0.750. The number of hydrogen-bond acceptors (Lipinski definition) is 4. The number of piperidine rings is 1. The quantitative estimate of drug-likeness (QED) is 0.661. The maximum atomic E-state index is 11.6. The van der Waals surface area contributed by atoms with Crippen LogP contribution in [0.4, 0.5) is 4.79 Å². The molecular formula is C12H21N3O4. The second-order valence-corrected chi connectivity index (χ2v) is 4.62. The van der Waals surface area contributed by atoms with Crippen molar-refractivity contribution in [3.05, 3.63) is 0 Å².